The minimum absolute atomic E-state index is 0.0354. The lowest BCUT2D eigenvalue weighted by Crippen LogP contribution is -2.58. The Morgan fingerprint density at radius 3 is 2.12 bits per heavy atom. The van der Waals surface area contributed by atoms with Crippen molar-refractivity contribution in [1.29, 1.82) is 0 Å². The molecule has 7 heteroatoms. The largest absolute Gasteiger partial charge is 0.483 e. The summed E-state index contributed by atoms with van der Waals surface area (Å²) in [7, 11) is 0. The maximum Gasteiger partial charge on any atom is 0.306 e. The van der Waals surface area contributed by atoms with Crippen LogP contribution in [0, 0.1) is 50.7 Å². The van der Waals surface area contributed by atoms with Crippen molar-refractivity contribution in [1.82, 2.24) is 0 Å². The van der Waals surface area contributed by atoms with Crippen LogP contribution in [0.4, 0.5) is 0 Å². The van der Waals surface area contributed by atoms with Crippen LogP contribution >= 0.6 is 0 Å². The van der Waals surface area contributed by atoms with Gasteiger partial charge in [0, 0.05) is 17.3 Å². The summed E-state index contributed by atoms with van der Waals surface area (Å²) >= 11 is 0. The number of Topliss-reactive ketones (excluding diaryl/α,β-unsaturated/α-hetero) is 1. The van der Waals surface area contributed by atoms with Gasteiger partial charge in [-0.3, -0.25) is 19.2 Å². The van der Waals surface area contributed by atoms with E-state index in [0.29, 0.717) is 48.8 Å². The molecule has 0 aromatic carbocycles. The zero-order valence-corrected chi connectivity index (χ0v) is 33.5. The van der Waals surface area contributed by atoms with Gasteiger partial charge in [-0.15, -0.1) is 0 Å². The molecule has 3 fully saturated rings. The molecule has 3 saturated carbocycles. The minimum atomic E-state index is -0.318. The number of rotatable bonds is 5. The van der Waals surface area contributed by atoms with E-state index in [4.69, 9.17) is 14.6 Å². The highest BCUT2D eigenvalue weighted by Gasteiger charge is 2.64. The monoisotopic (exact) mass is 696 g/mol. The Balaban J connectivity index is 0.000000596. The Labute approximate surface area is 303 Å². The van der Waals surface area contributed by atoms with Crippen LogP contribution in [0.3, 0.4) is 0 Å². The molecule has 0 spiro atoms. The van der Waals surface area contributed by atoms with Crippen LogP contribution in [-0.4, -0.2) is 41.5 Å². The van der Waals surface area contributed by atoms with Crippen LogP contribution in [0.25, 0.3) is 0 Å². The summed E-state index contributed by atoms with van der Waals surface area (Å²) in [5.74, 6) is 2.43. The van der Waals surface area contributed by atoms with Gasteiger partial charge in [0.05, 0.1) is 6.42 Å². The molecule has 1 N–H and O–H groups in total. The highest BCUT2D eigenvalue weighted by molar-refractivity contribution is 6.01. The average molecular weight is 697 g/mol. The lowest BCUT2D eigenvalue weighted by Gasteiger charge is -2.65. The van der Waals surface area contributed by atoms with Crippen molar-refractivity contribution in [3.63, 3.8) is 0 Å². The van der Waals surface area contributed by atoms with Gasteiger partial charge in [-0.05, 0) is 124 Å². The molecule has 0 heterocycles. The van der Waals surface area contributed by atoms with Gasteiger partial charge in [0.15, 0.2) is 5.78 Å². The summed E-state index contributed by atoms with van der Waals surface area (Å²) in [6, 6.07) is 0. The van der Waals surface area contributed by atoms with E-state index in [1.165, 1.54) is 36.0 Å². The number of carbonyl (C=O) groups is 4. The van der Waals surface area contributed by atoms with Crippen molar-refractivity contribution in [3.05, 3.63) is 34.9 Å². The number of ketones is 1. The second-order valence-electron chi connectivity index (χ2n) is 19.3. The van der Waals surface area contributed by atoms with Crippen LogP contribution in [0.1, 0.15) is 148 Å². The first-order valence-electron chi connectivity index (χ1n) is 19.0. The van der Waals surface area contributed by atoms with Gasteiger partial charge < -0.3 is 14.6 Å². The molecule has 282 valence electrons. The van der Waals surface area contributed by atoms with E-state index in [1.807, 2.05) is 20.8 Å². The Hall–Kier alpha value is -2.70. The molecule has 0 aromatic heterocycles. The SMILES string of the molecule is C/C=C/C12CCC3C(CCC4C5(C)CCC(OC(=O)CC(C)(C)C)C(C)(C)C5=CCC34C)C1=C(C(C)C)C(=O)C2.CC(C)(C)OC=O.O=CO. The average Bonchev–Trinajstić information content (AvgIpc) is 3.26. The summed E-state index contributed by atoms with van der Waals surface area (Å²) in [5.41, 5.74) is 4.05. The molecule has 7 unspecified atom stereocenters. The van der Waals surface area contributed by atoms with Crippen molar-refractivity contribution in [2.45, 2.75) is 160 Å². The zero-order valence-electron chi connectivity index (χ0n) is 33.5. The molecule has 0 radical (unpaired) electrons. The Bertz CT molecular complexity index is 1370. The van der Waals surface area contributed by atoms with E-state index in [0.717, 1.165) is 25.7 Å². The number of fused-ring (bicyclic) bond motifs is 7. The maximum atomic E-state index is 13.5. The van der Waals surface area contributed by atoms with Gasteiger partial charge in [-0.1, -0.05) is 86.1 Å². The molecule has 7 atom stereocenters. The Kier molecular flexibility index (Phi) is 12.6. The molecule has 0 amide bonds. The van der Waals surface area contributed by atoms with Crippen molar-refractivity contribution < 1.29 is 33.8 Å². The van der Waals surface area contributed by atoms with Gasteiger partial charge in [0.25, 0.3) is 12.9 Å². The second-order valence-corrected chi connectivity index (χ2v) is 19.3. The first-order valence-corrected chi connectivity index (χ1v) is 19.0. The molecule has 7 nitrogen and oxygen atoms in total. The van der Waals surface area contributed by atoms with Crippen molar-refractivity contribution in [3.8, 4) is 0 Å². The van der Waals surface area contributed by atoms with Gasteiger partial charge in [-0.25, -0.2) is 0 Å². The highest BCUT2D eigenvalue weighted by Crippen LogP contribution is 2.71. The predicted octanol–water partition coefficient (Wildman–Crippen LogP) is 10.1. The van der Waals surface area contributed by atoms with Crippen molar-refractivity contribution in [2.24, 2.45) is 50.7 Å². The number of carbonyl (C=O) groups excluding carboxylic acids is 3. The van der Waals surface area contributed by atoms with Gasteiger partial charge >= 0.3 is 5.97 Å². The predicted molar refractivity (Wildman–Crippen MR) is 199 cm³/mol. The summed E-state index contributed by atoms with van der Waals surface area (Å²) in [6.45, 7) is 28.4. The van der Waals surface area contributed by atoms with E-state index >= 15 is 0 Å². The lowest BCUT2D eigenvalue weighted by molar-refractivity contribution is -0.163. The summed E-state index contributed by atoms with van der Waals surface area (Å²) < 4.78 is 10.8. The third-order valence-electron chi connectivity index (χ3n) is 12.7. The van der Waals surface area contributed by atoms with Crippen LogP contribution in [0.5, 0.6) is 0 Å². The van der Waals surface area contributed by atoms with Crippen LogP contribution in [0.15, 0.2) is 34.9 Å². The third kappa shape index (κ3) is 8.17. The molecule has 0 aromatic rings. The summed E-state index contributed by atoms with van der Waals surface area (Å²) in [6.07, 6.45) is 16.2. The standard InChI is InChI=1S/C37H56O3.C5H10O2.CH2O2/c1-11-17-37-20-14-25-24(32(37)31(23(2)3)26(38)21-37)12-13-28-35(25,9)18-15-27-34(7,8)29(16-19-36(27,28)10)40-30(39)22-33(4,5)6;1-5(2,3)7-4-6;2-1-3/h11,15,17,23-25,28-29H,12-14,16,18-22H2,1-10H3;4H,1-3H3;1H,(H,2,3)/b17-11+;;. The summed E-state index contributed by atoms with van der Waals surface area (Å²) in [5, 5.41) is 6.89. The molecule has 0 saturated heterocycles. The first-order chi connectivity index (χ1) is 23.0. The fourth-order valence-corrected chi connectivity index (χ4v) is 11.1. The second kappa shape index (κ2) is 15.1. The van der Waals surface area contributed by atoms with Gasteiger partial charge in [0.2, 0.25) is 0 Å². The maximum absolute atomic E-state index is 13.5. The normalized spacial score (nSPS) is 34.4. The van der Waals surface area contributed by atoms with E-state index in [1.54, 1.807) is 0 Å². The van der Waals surface area contributed by atoms with E-state index in [-0.39, 0.29) is 51.2 Å². The highest BCUT2D eigenvalue weighted by atomic mass is 16.5. The van der Waals surface area contributed by atoms with Gasteiger partial charge in [-0.2, -0.15) is 0 Å². The zero-order chi connectivity index (χ0) is 38.1. The molecular formula is C43H68O7. The number of ether oxygens (including phenoxy) is 2. The quantitative estimate of drug-likeness (QED) is 0.173. The van der Waals surface area contributed by atoms with E-state index in [2.05, 4.69) is 92.2 Å². The summed E-state index contributed by atoms with van der Waals surface area (Å²) in [4.78, 5) is 44.3. The molecule has 0 bridgehead atoms. The lowest BCUT2D eigenvalue weighted by atomic mass is 9.39. The molecule has 5 aliphatic rings. The van der Waals surface area contributed by atoms with Crippen LogP contribution in [0.2, 0.25) is 0 Å². The fourth-order valence-electron chi connectivity index (χ4n) is 11.1. The molecule has 5 rings (SSSR count). The van der Waals surface area contributed by atoms with Crippen LogP contribution < -0.4 is 0 Å². The molecule has 5 aliphatic carbocycles. The smallest absolute Gasteiger partial charge is 0.306 e. The number of hydrogen-bond donors (Lipinski definition) is 1. The topological polar surface area (TPSA) is 107 Å². The molecule has 0 aliphatic heterocycles. The van der Waals surface area contributed by atoms with Crippen molar-refractivity contribution in [2.75, 3.05) is 0 Å². The van der Waals surface area contributed by atoms with Crippen LogP contribution in [-0.2, 0) is 28.7 Å². The first kappa shape index (κ1) is 41.7. The minimum Gasteiger partial charge on any atom is -0.483 e. The molecule has 50 heavy (non-hydrogen) atoms. The Morgan fingerprint density at radius 1 is 1.00 bits per heavy atom. The number of allylic oxidation sites excluding steroid dienone is 5. The number of hydrogen-bond acceptors (Lipinski definition) is 6. The van der Waals surface area contributed by atoms with Gasteiger partial charge in [0.1, 0.15) is 11.7 Å². The van der Waals surface area contributed by atoms with E-state index < -0.39 is 0 Å². The third-order valence-corrected chi connectivity index (χ3v) is 12.7. The fraction of sp³-hybridized carbons (Fsp3) is 0.767. The Morgan fingerprint density at radius 2 is 1.62 bits per heavy atom. The van der Waals surface area contributed by atoms with E-state index in [9.17, 15) is 14.4 Å². The number of esters is 1. The van der Waals surface area contributed by atoms with Crippen molar-refractivity contribution >= 4 is 24.7 Å². The molecular weight excluding hydrogens is 628 g/mol. The number of carboxylic acid groups (broad SMARTS) is 1.